The molecule has 2 aliphatic rings. The first-order valence-electron chi connectivity index (χ1n) is 4.55. The summed E-state index contributed by atoms with van der Waals surface area (Å²) in [7, 11) is 1.50. The highest BCUT2D eigenvalue weighted by molar-refractivity contribution is 6.03. The molecule has 0 N–H and O–H groups in total. The van der Waals surface area contributed by atoms with E-state index in [2.05, 4.69) is 16.1 Å². The molecule has 13 heavy (non-hydrogen) atoms. The summed E-state index contributed by atoms with van der Waals surface area (Å²) >= 11 is 0. The van der Waals surface area contributed by atoms with Gasteiger partial charge in [0, 0.05) is 12.0 Å². The van der Waals surface area contributed by atoms with Gasteiger partial charge in [-0.15, -0.1) is 0 Å². The van der Waals surface area contributed by atoms with Crippen LogP contribution in [0.4, 0.5) is 0 Å². The predicted molar refractivity (Wildman–Crippen MR) is 48.2 cm³/mol. The Morgan fingerprint density at radius 1 is 1.54 bits per heavy atom. The van der Waals surface area contributed by atoms with Gasteiger partial charge in [-0.05, 0) is 25.9 Å². The first-order valence-corrected chi connectivity index (χ1v) is 4.55. The van der Waals surface area contributed by atoms with Crippen molar-refractivity contribution in [3.05, 3.63) is 0 Å². The fourth-order valence-corrected chi connectivity index (χ4v) is 2.36. The van der Waals surface area contributed by atoms with Gasteiger partial charge in [0.25, 0.3) is 0 Å². The van der Waals surface area contributed by atoms with Gasteiger partial charge in [-0.1, -0.05) is 5.16 Å². The lowest BCUT2D eigenvalue weighted by Gasteiger charge is -2.21. The lowest BCUT2D eigenvalue weighted by atomic mass is 9.80. The summed E-state index contributed by atoms with van der Waals surface area (Å²) in [6, 6.07) is 2.16. The number of nitriles is 1. The van der Waals surface area contributed by atoms with E-state index in [-0.39, 0.29) is 5.41 Å². The molecule has 2 rings (SSSR count). The highest BCUT2D eigenvalue weighted by Gasteiger charge is 2.48. The Kier molecular flexibility index (Phi) is 1.97. The van der Waals surface area contributed by atoms with E-state index < -0.39 is 0 Å². The number of piperidine rings is 1. The van der Waals surface area contributed by atoms with Crippen LogP contribution >= 0.6 is 0 Å². The van der Waals surface area contributed by atoms with Crippen molar-refractivity contribution in [3.8, 4) is 6.07 Å². The van der Waals surface area contributed by atoms with Crippen LogP contribution in [0.1, 0.15) is 12.8 Å². The van der Waals surface area contributed by atoms with Gasteiger partial charge in [0.2, 0.25) is 0 Å². The molecule has 70 valence electrons. The first kappa shape index (κ1) is 8.52. The molecule has 0 radical (unpaired) electrons. The number of oxime groups is 1. The third-order valence-corrected chi connectivity index (χ3v) is 3.13. The molecule has 0 aromatic rings. The van der Waals surface area contributed by atoms with Crippen molar-refractivity contribution < 1.29 is 4.84 Å². The van der Waals surface area contributed by atoms with Gasteiger partial charge in [0.05, 0.1) is 0 Å². The summed E-state index contributed by atoms with van der Waals surface area (Å²) in [5, 5.41) is 12.8. The van der Waals surface area contributed by atoms with Crippen LogP contribution in [0.5, 0.6) is 0 Å². The zero-order valence-corrected chi connectivity index (χ0v) is 7.79. The molecule has 2 aliphatic heterocycles. The molecule has 0 aromatic carbocycles. The number of hydrogen-bond acceptors (Lipinski definition) is 4. The molecule has 4 heteroatoms. The Hall–Kier alpha value is -1.08. The molecule has 0 spiro atoms. The molecule has 0 aromatic heterocycles. The molecule has 0 atom stereocenters. The fourth-order valence-electron chi connectivity index (χ4n) is 2.36. The minimum atomic E-state index is 0.0186. The molecule has 2 bridgehead atoms. The van der Waals surface area contributed by atoms with E-state index in [1.807, 2.05) is 0 Å². The molecule has 4 nitrogen and oxygen atoms in total. The van der Waals surface area contributed by atoms with E-state index in [1.54, 1.807) is 0 Å². The summed E-state index contributed by atoms with van der Waals surface area (Å²) in [6.07, 6.45) is 2.12. The topological polar surface area (TPSA) is 48.6 Å². The summed E-state index contributed by atoms with van der Waals surface area (Å²) in [5.74, 6) is 0. The van der Waals surface area contributed by atoms with Crippen LogP contribution in [0.3, 0.4) is 0 Å². The Balaban J connectivity index is 2.23. The fraction of sp³-hybridized carbons (Fsp3) is 0.778. The molecule has 0 aliphatic carbocycles. The van der Waals surface area contributed by atoms with Crippen LogP contribution in [-0.4, -0.2) is 37.4 Å². The van der Waals surface area contributed by atoms with E-state index in [1.165, 1.54) is 7.11 Å². The van der Waals surface area contributed by atoms with Crippen LogP contribution in [0.2, 0.25) is 0 Å². The summed E-state index contributed by atoms with van der Waals surface area (Å²) in [6.45, 7) is 3.19. The average molecular weight is 179 g/mol. The van der Waals surface area contributed by atoms with Gasteiger partial charge in [0.15, 0.2) is 5.71 Å². The highest BCUT2D eigenvalue weighted by atomic mass is 16.6. The highest BCUT2D eigenvalue weighted by Crippen LogP contribution is 2.41. The Morgan fingerprint density at radius 3 is 2.62 bits per heavy atom. The maximum absolute atomic E-state index is 8.95. The number of nitrogens with zero attached hydrogens (tertiary/aromatic N) is 3. The van der Waals surface area contributed by atoms with Gasteiger partial charge in [0.1, 0.15) is 13.2 Å². The third-order valence-electron chi connectivity index (χ3n) is 3.13. The van der Waals surface area contributed by atoms with Gasteiger partial charge in [-0.2, -0.15) is 5.26 Å². The second-order valence-electron chi connectivity index (χ2n) is 3.79. The zero-order valence-electron chi connectivity index (χ0n) is 7.79. The minimum Gasteiger partial charge on any atom is -0.398 e. The predicted octanol–water partition coefficient (Wildman–Crippen LogP) is 0.608. The number of rotatable bonds is 2. The average Bonchev–Trinajstić information content (AvgIpc) is 2.74. The molecule has 2 fully saturated rings. The second kappa shape index (κ2) is 3.00. The van der Waals surface area contributed by atoms with Crippen molar-refractivity contribution in [2.45, 2.75) is 12.8 Å². The van der Waals surface area contributed by atoms with Crippen molar-refractivity contribution >= 4 is 5.71 Å². The van der Waals surface area contributed by atoms with Crippen molar-refractivity contribution in [2.75, 3.05) is 26.7 Å². The van der Waals surface area contributed by atoms with E-state index in [0.717, 1.165) is 32.5 Å². The van der Waals surface area contributed by atoms with E-state index in [9.17, 15) is 0 Å². The molecule has 0 saturated carbocycles. The number of hydrogen-bond donors (Lipinski definition) is 0. The van der Waals surface area contributed by atoms with Crippen LogP contribution in [0, 0.1) is 16.7 Å². The monoisotopic (exact) mass is 179 g/mol. The maximum Gasteiger partial charge on any atom is 0.164 e. The van der Waals surface area contributed by atoms with Crippen LogP contribution in [0.15, 0.2) is 5.16 Å². The molecule has 0 unspecified atom stereocenters. The van der Waals surface area contributed by atoms with Crippen LogP contribution < -0.4 is 0 Å². The van der Waals surface area contributed by atoms with Gasteiger partial charge >= 0.3 is 0 Å². The number of fused-ring (bicyclic) bond motifs is 2. The maximum atomic E-state index is 8.95. The quantitative estimate of drug-likeness (QED) is 0.461. The van der Waals surface area contributed by atoms with Gasteiger partial charge in [-0.25, -0.2) is 0 Å². The molecular formula is C9H13N3O. The van der Waals surface area contributed by atoms with Gasteiger partial charge < -0.3 is 9.74 Å². The Labute approximate surface area is 77.8 Å². The van der Waals surface area contributed by atoms with Crippen molar-refractivity contribution in [1.82, 2.24) is 4.90 Å². The molecular weight excluding hydrogens is 166 g/mol. The molecule has 0 amide bonds. The summed E-state index contributed by atoms with van der Waals surface area (Å²) < 4.78 is 0. The summed E-state index contributed by atoms with van der Waals surface area (Å²) in [5.41, 5.74) is 0.597. The second-order valence-corrected chi connectivity index (χ2v) is 3.79. The van der Waals surface area contributed by atoms with Gasteiger partial charge in [-0.3, -0.25) is 0 Å². The van der Waals surface area contributed by atoms with E-state index in [0.29, 0.717) is 5.71 Å². The lowest BCUT2D eigenvalue weighted by molar-refractivity contribution is 0.208. The van der Waals surface area contributed by atoms with Crippen LogP contribution in [-0.2, 0) is 4.84 Å². The Bertz CT molecular complexity index is 271. The largest absolute Gasteiger partial charge is 0.398 e. The zero-order chi connectivity index (χ0) is 9.31. The summed E-state index contributed by atoms with van der Waals surface area (Å²) in [4.78, 5) is 7.08. The smallest absolute Gasteiger partial charge is 0.164 e. The van der Waals surface area contributed by atoms with Crippen LogP contribution in [0.25, 0.3) is 0 Å². The normalized spacial score (nSPS) is 37.5. The lowest BCUT2D eigenvalue weighted by Crippen LogP contribution is -2.29. The van der Waals surface area contributed by atoms with E-state index >= 15 is 0 Å². The van der Waals surface area contributed by atoms with Crippen molar-refractivity contribution in [2.24, 2.45) is 10.6 Å². The standard InChI is InChI=1S/C9H13N3O/c1-13-11-8(6-10)9-2-4-12(7-9)5-3-9/h2-5,7H2,1H3/b11-8-. The van der Waals surface area contributed by atoms with Crippen molar-refractivity contribution in [1.29, 1.82) is 5.26 Å². The van der Waals surface area contributed by atoms with Crippen molar-refractivity contribution in [3.63, 3.8) is 0 Å². The molecule has 2 heterocycles. The third kappa shape index (κ3) is 1.20. The first-order chi connectivity index (χ1) is 6.30. The minimum absolute atomic E-state index is 0.0186. The SMILES string of the molecule is CO/N=C(/C#N)C12CCN(CC1)C2. The Morgan fingerprint density at radius 2 is 2.23 bits per heavy atom. The van der Waals surface area contributed by atoms with E-state index in [4.69, 9.17) is 10.1 Å². The molecule has 2 saturated heterocycles.